The van der Waals surface area contributed by atoms with E-state index in [1.54, 1.807) is 12.4 Å². The van der Waals surface area contributed by atoms with Crippen molar-refractivity contribution >= 4 is 23.4 Å². The number of hydrogen-bond donors (Lipinski definition) is 1. The number of carbonyl (C=O) groups excluding carboxylic acids is 1. The smallest absolute Gasteiger partial charge is 0.234 e. The summed E-state index contributed by atoms with van der Waals surface area (Å²) in [7, 11) is 0. The fourth-order valence-corrected chi connectivity index (χ4v) is 4.41. The average molecular weight is 444 g/mol. The lowest BCUT2D eigenvalue weighted by atomic mass is 10.1. The molecule has 4 rings (SSSR count). The van der Waals surface area contributed by atoms with Gasteiger partial charge in [0, 0.05) is 29.3 Å². The first-order chi connectivity index (χ1) is 15.4. The minimum Gasteiger partial charge on any atom is -0.325 e. The molecule has 2 aromatic heterocycles. The first-order valence-corrected chi connectivity index (χ1v) is 11.3. The Morgan fingerprint density at radius 2 is 1.69 bits per heavy atom. The molecule has 162 valence electrons. The zero-order chi connectivity index (χ0) is 22.7. The van der Waals surface area contributed by atoms with Gasteiger partial charge in [0.25, 0.3) is 0 Å². The maximum absolute atomic E-state index is 12.7. The standard InChI is InChI=1S/C25H25N5OS/c1-16-7-9-21(10-8-16)30-24(20-6-5-11-26-14-20)28-29-25(30)32-15-22(31)27-23-18(3)12-17(2)13-19(23)4/h5-14H,15H2,1-4H3,(H,27,31). The number of hydrogen-bond acceptors (Lipinski definition) is 5. The molecule has 0 unspecified atom stereocenters. The van der Waals surface area contributed by atoms with Crippen LogP contribution >= 0.6 is 11.8 Å². The Morgan fingerprint density at radius 3 is 2.34 bits per heavy atom. The molecule has 0 aliphatic carbocycles. The number of aromatic nitrogens is 4. The van der Waals surface area contributed by atoms with Crippen molar-refractivity contribution in [2.24, 2.45) is 0 Å². The number of rotatable bonds is 6. The number of thioether (sulfide) groups is 1. The van der Waals surface area contributed by atoms with E-state index in [1.165, 1.54) is 22.9 Å². The summed E-state index contributed by atoms with van der Waals surface area (Å²) >= 11 is 1.36. The van der Waals surface area contributed by atoms with Crippen LogP contribution in [0.2, 0.25) is 0 Å². The van der Waals surface area contributed by atoms with Crippen molar-refractivity contribution < 1.29 is 4.79 Å². The lowest BCUT2D eigenvalue weighted by Crippen LogP contribution is -2.16. The summed E-state index contributed by atoms with van der Waals surface area (Å²) in [6.45, 7) is 8.13. The summed E-state index contributed by atoms with van der Waals surface area (Å²) < 4.78 is 1.97. The quantitative estimate of drug-likeness (QED) is 0.410. The number of nitrogens with zero attached hydrogens (tertiary/aromatic N) is 4. The van der Waals surface area contributed by atoms with E-state index >= 15 is 0 Å². The molecular weight excluding hydrogens is 418 g/mol. The van der Waals surface area contributed by atoms with Crippen LogP contribution in [0.1, 0.15) is 22.3 Å². The topological polar surface area (TPSA) is 72.7 Å². The molecule has 32 heavy (non-hydrogen) atoms. The molecule has 0 saturated heterocycles. The number of amides is 1. The maximum atomic E-state index is 12.7. The number of anilines is 1. The predicted molar refractivity (Wildman–Crippen MR) is 129 cm³/mol. The highest BCUT2D eigenvalue weighted by molar-refractivity contribution is 7.99. The van der Waals surface area contributed by atoms with E-state index in [-0.39, 0.29) is 11.7 Å². The van der Waals surface area contributed by atoms with E-state index < -0.39 is 0 Å². The van der Waals surface area contributed by atoms with Gasteiger partial charge in [-0.15, -0.1) is 10.2 Å². The van der Waals surface area contributed by atoms with Crippen LogP contribution in [0.5, 0.6) is 0 Å². The molecule has 0 fully saturated rings. The highest BCUT2D eigenvalue weighted by atomic mass is 32.2. The summed E-state index contributed by atoms with van der Waals surface area (Å²) in [6, 6.07) is 16.1. The van der Waals surface area contributed by atoms with Gasteiger partial charge < -0.3 is 5.32 Å². The van der Waals surface area contributed by atoms with Gasteiger partial charge in [0.2, 0.25) is 5.91 Å². The van der Waals surface area contributed by atoms with Crippen molar-refractivity contribution in [3.63, 3.8) is 0 Å². The Labute approximate surface area is 192 Å². The van der Waals surface area contributed by atoms with Crippen molar-refractivity contribution in [1.29, 1.82) is 0 Å². The molecule has 2 heterocycles. The molecular formula is C25H25N5OS. The van der Waals surface area contributed by atoms with Crippen molar-refractivity contribution in [1.82, 2.24) is 19.7 Å². The first-order valence-electron chi connectivity index (χ1n) is 10.4. The molecule has 7 heteroatoms. The van der Waals surface area contributed by atoms with E-state index in [0.29, 0.717) is 11.0 Å². The molecule has 0 aliphatic rings. The second-order valence-corrected chi connectivity index (χ2v) is 8.77. The van der Waals surface area contributed by atoms with Gasteiger partial charge in [-0.1, -0.05) is 47.2 Å². The van der Waals surface area contributed by atoms with E-state index in [2.05, 4.69) is 39.6 Å². The fraction of sp³-hybridized carbons (Fsp3) is 0.200. The van der Waals surface area contributed by atoms with Gasteiger partial charge in [-0.05, 0) is 63.1 Å². The zero-order valence-corrected chi connectivity index (χ0v) is 19.4. The lowest BCUT2D eigenvalue weighted by molar-refractivity contribution is -0.113. The van der Waals surface area contributed by atoms with Crippen LogP contribution in [0.25, 0.3) is 17.1 Å². The Morgan fingerprint density at radius 1 is 0.969 bits per heavy atom. The van der Waals surface area contributed by atoms with Crippen LogP contribution in [0, 0.1) is 27.7 Å². The minimum absolute atomic E-state index is 0.0774. The maximum Gasteiger partial charge on any atom is 0.234 e. The highest BCUT2D eigenvalue weighted by Crippen LogP contribution is 2.28. The Bertz CT molecular complexity index is 1230. The van der Waals surface area contributed by atoms with Gasteiger partial charge in [0.05, 0.1) is 5.75 Å². The molecule has 0 bridgehead atoms. The molecule has 0 radical (unpaired) electrons. The number of nitrogens with one attached hydrogen (secondary N) is 1. The predicted octanol–water partition coefficient (Wildman–Crippen LogP) is 5.29. The monoisotopic (exact) mass is 443 g/mol. The van der Waals surface area contributed by atoms with E-state index in [1.807, 2.05) is 61.7 Å². The number of aryl methyl sites for hydroxylation is 4. The van der Waals surface area contributed by atoms with Crippen LogP contribution in [0.3, 0.4) is 0 Å². The molecule has 2 aromatic carbocycles. The molecule has 1 amide bonds. The third kappa shape index (κ3) is 4.73. The van der Waals surface area contributed by atoms with Gasteiger partial charge in [0.15, 0.2) is 11.0 Å². The van der Waals surface area contributed by atoms with E-state index in [0.717, 1.165) is 28.1 Å². The summed E-state index contributed by atoms with van der Waals surface area (Å²) in [5.74, 6) is 0.839. The number of benzene rings is 2. The van der Waals surface area contributed by atoms with Crippen molar-refractivity contribution in [3.05, 3.63) is 83.2 Å². The summed E-state index contributed by atoms with van der Waals surface area (Å²) in [4.78, 5) is 17.0. The van der Waals surface area contributed by atoms with Crippen molar-refractivity contribution in [3.8, 4) is 17.1 Å². The number of pyridine rings is 1. The second-order valence-electron chi connectivity index (χ2n) is 7.83. The molecule has 0 saturated carbocycles. The average Bonchev–Trinajstić information content (AvgIpc) is 3.20. The zero-order valence-electron chi connectivity index (χ0n) is 18.6. The van der Waals surface area contributed by atoms with Crippen LogP contribution in [0.4, 0.5) is 5.69 Å². The summed E-state index contributed by atoms with van der Waals surface area (Å²) in [5, 5.41) is 12.5. The SMILES string of the molecule is Cc1ccc(-n2c(SCC(=O)Nc3c(C)cc(C)cc3C)nnc2-c2cccnc2)cc1. The Kier molecular flexibility index (Phi) is 6.37. The van der Waals surface area contributed by atoms with Gasteiger partial charge in [-0.25, -0.2) is 0 Å². The van der Waals surface area contributed by atoms with Gasteiger partial charge in [0.1, 0.15) is 0 Å². The van der Waals surface area contributed by atoms with Gasteiger partial charge in [-0.3, -0.25) is 14.3 Å². The van der Waals surface area contributed by atoms with Gasteiger partial charge >= 0.3 is 0 Å². The van der Waals surface area contributed by atoms with Crippen LogP contribution < -0.4 is 5.32 Å². The largest absolute Gasteiger partial charge is 0.325 e. The van der Waals surface area contributed by atoms with E-state index in [9.17, 15) is 4.79 Å². The number of carbonyl (C=O) groups is 1. The molecule has 1 N–H and O–H groups in total. The highest BCUT2D eigenvalue weighted by Gasteiger charge is 2.18. The molecule has 0 atom stereocenters. The van der Waals surface area contributed by atoms with Crippen molar-refractivity contribution in [2.45, 2.75) is 32.9 Å². The Balaban J connectivity index is 1.59. The summed E-state index contributed by atoms with van der Waals surface area (Å²) in [6.07, 6.45) is 3.49. The second kappa shape index (κ2) is 9.36. The fourth-order valence-electron chi connectivity index (χ4n) is 3.65. The van der Waals surface area contributed by atoms with E-state index in [4.69, 9.17) is 0 Å². The first kappa shape index (κ1) is 21.8. The third-order valence-corrected chi connectivity index (χ3v) is 6.05. The van der Waals surface area contributed by atoms with Gasteiger partial charge in [-0.2, -0.15) is 0 Å². The molecule has 6 nitrogen and oxygen atoms in total. The van der Waals surface area contributed by atoms with Crippen LogP contribution in [-0.4, -0.2) is 31.4 Å². The van der Waals surface area contributed by atoms with Crippen LogP contribution in [0.15, 0.2) is 66.1 Å². The summed E-state index contributed by atoms with van der Waals surface area (Å²) in [5.41, 5.74) is 7.14. The minimum atomic E-state index is -0.0774. The van der Waals surface area contributed by atoms with Crippen LogP contribution in [-0.2, 0) is 4.79 Å². The molecule has 0 aliphatic heterocycles. The normalized spacial score (nSPS) is 10.9. The molecule has 0 spiro atoms. The van der Waals surface area contributed by atoms with Crippen molar-refractivity contribution in [2.75, 3.05) is 11.1 Å². The Hall–Kier alpha value is -3.45. The molecule has 4 aromatic rings. The lowest BCUT2D eigenvalue weighted by Gasteiger charge is -2.13. The third-order valence-electron chi connectivity index (χ3n) is 5.12.